The van der Waals surface area contributed by atoms with E-state index in [-0.39, 0.29) is 0 Å². The molecule has 0 aliphatic carbocycles. The number of allylic oxidation sites excluding steroid dienone is 1. The van der Waals surface area contributed by atoms with Gasteiger partial charge in [-0.1, -0.05) is 18.7 Å². The molecular formula is C19H15BrN4O2. The highest BCUT2D eigenvalue weighted by Crippen LogP contribution is 2.30. The van der Waals surface area contributed by atoms with E-state index in [9.17, 15) is 5.26 Å². The molecule has 0 radical (unpaired) electrons. The number of pyridine rings is 1. The van der Waals surface area contributed by atoms with Crippen LogP contribution in [0.2, 0.25) is 0 Å². The second kappa shape index (κ2) is 7.85. The normalized spacial score (nSPS) is 11.2. The third-order valence-corrected chi connectivity index (χ3v) is 3.97. The second-order valence-electron chi connectivity index (χ2n) is 5.29. The first-order chi connectivity index (χ1) is 12.6. The summed E-state index contributed by atoms with van der Waals surface area (Å²) in [4.78, 5) is 11.7. The van der Waals surface area contributed by atoms with Gasteiger partial charge in [0.05, 0.1) is 18.2 Å². The summed E-state index contributed by atoms with van der Waals surface area (Å²) < 4.78 is 11.7. The van der Waals surface area contributed by atoms with Crippen LogP contribution in [0.25, 0.3) is 22.8 Å². The fourth-order valence-corrected chi connectivity index (χ4v) is 2.70. The highest BCUT2D eigenvalue weighted by molar-refractivity contribution is 9.10. The van der Waals surface area contributed by atoms with Crippen LogP contribution in [0.3, 0.4) is 0 Å². The molecule has 2 heterocycles. The Morgan fingerprint density at radius 3 is 2.96 bits per heavy atom. The van der Waals surface area contributed by atoms with E-state index in [1.807, 2.05) is 12.1 Å². The van der Waals surface area contributed by atoms with Crippen molar-refractivity contribution in [2.24, 2.45) is 0 Å². The SMILES string of the molecule is C=CCOc1ccc(/C=C(\C#N)c2nc3ncc(Br)cc3[nH]2)cc1OC. The fourth-order valence-electron chi connectivity index (χ4n) is 2.36. The Morgan fingerprint density at radius 1 is 1.38 bits per heavy atom. The minimum atomic E-state index is 0.385. The Labute approximate surface area is 158 Å². The topological polar surface area (TPSA) is 83.8 Å². The van der Waals surface area contributed by atoms with Crippen molar-refractivity contribution in [3.8, 4) is 17.6 Å². The van der Waals surface area contributed by atoms with Crippen LogP contribution in [0.1, 0.15) is 11.4 Å². The molecule has 3 rings (SSSR count). The van der Waals surface area contributed by atoms with Gasteiger partial charge in [-0.3, -0.25) is 0 Å². The van der Waals surface area contributed by atoms with Crippen LogP contribution in [0.4, 0.5) is 0 Å². The lowest BCUT2D eigenvalue weighted by molar-refractivity contribution is 0.326. The maximum absolute atomic E-state index is 9.54. The quantitative estimate of drug-likeness (QED) is 0.482. The minimum absolute atomic E-state index is 0.385. The molecule has 130 valence electrons. The Balaban J connectivity index is 1.97. The first-order valence-corrected chi connectivity index (χ1v) is 8.49. The number of halogens is 1. The van der Waals surface area contributed by atoms with Crippen LogP contribution in [0.5, 0.6) is 11.5 Å². The van der Waals surface area contributed by atoms with Gasteiger partial charge in [-0.05, 0) is 45.8 Å². The summed E-state index contributed by atoms with van der Waals surface area (Å²) in [6, 6.07) is 9.47. The van der Waals surface area contributed by atoms with E-state index < -0.39 is 0 Å². The summed E-state index contributed by atoms with van der Waals surface area (Å²) in [6.45, 7) is 4.01. The van der Waals surface area contributed by atoms with Gasteiger partial charge in [-0.2, -0.15) is 5.26 Å². The highest BCUT2D eigenvalue weighted by atomic mass is 79.9. The number of hydrogen-bond acceptors (Lipinski definition) is 5. The lowest BCUT2D eigenvalue weighted by Gasteiger charge is -2.09. The standard InChI is InChI=1S/C19H15BrN4O2/c1-3-6-26-16-5-4-12(8-17(16)25-2)7-13(10-21)18-23-15-9-14(20)11-22-19(15)24-18/h3-5,7-9,11H,1,6H2,2H3,(H,22,23,24)/b13-7+. The molecule has 6 nitrogen and oxygen atoms in total. The molecule has 3 aromatic rings. The fraction of sp³-hybridized carbons (Fsp3) is 0.105. The summed E-state index contributed by atoms with van der Waals surface area (Å²) in [7, 11) is 1.57. The van der Waals surface area contributed by atoms with Gasteiger partial charge in [0.1, 0.15) is 12.7 Å². The van der Waals surface area contributed by atoms with Gasteiger partial charge in [0, 0.05) is 10.7 Å². The number of hydrogen-bond donors (Lipinski definition) is 1. The molecule has 0 unspecified atom stereocenters. The number of fused-ring (bicyclic) bond motifs is 1. The smallest absolute Gasteiger partial charge is 0.178 e. The van der Waals surface area contributed by atoms with Gasteiger partial charge in [0.25, 0.3) is 0 Å². The van der Waals surface area contributed by atoms with E-state index in [0.717, 1.165) is 15.6 Å². The number of nitrogens with one attached hydrogen (secondary N) is 1. The molecule has 0 atom stereocenters. The van der Waals surface area contributed by atoms with E-state index in [1.165, 1.54) is 0 Å². The third kappa shape index (κ3) is 3.76. The highest BCUT2D eigenvalue weighted by Gasteiger charge is 2.10. The van der Waals surface area contributed by atoms with Crippen molar-refractivity contribution in [2.45, 2.75) is 0 Å². The Morgan fingerprint density at radius 2 is 2.23 bits per heavy atom. The van der Waals surface area contributed by atoms with Crippen LogP contribution >= 0.6 is 15.9 Å². The van der Waals surface area contributed by atoms with Crippen molar-refractivity contribution in [1.82, 2.24) is 15.0 Å². The maximum Gasteiger partial charge on any atom is 0.178 e. The molecule has 1 N–H and O–H groups in total. The second-order valence-corrected chi connectivity index (χ2v) is 6.21. The number of aromatic nitrogens is 3. The lowest BCUT2D eigenvalue weighted by atomic mass is 10.1. The zero-order valence-corrected chi connectivity index (χ0v) is 15.6. The van der Waals surface area contributed by atoms with Crippen molar-refractivity contribution in [2.75, 3.05) is 13.7 Å². The molecule has 0 spiro atoms. The number of imidazole rings is 1. The van der Waals surface area contributed by atoms with Gasteiger partial charge < -0.3 is 14.5 Å². The molecule has 0 amide bonds. The minimum Gasteiger partial charge on any atom is -0.493 e. The number of nitrogens with zero attached hydrogens (tertiary/aromatic N) is 3. The third-order valence-electron chi connectivity index (χ3n) is 3.54. The number of aromatic amines is 1. The van der Waals surface area contributed by atoms with E-state index >= 15 is 0 Å². The summed E-state index contributed by atoms with van der Waals surface area (Å²) in [5, 5.41) is 9.54. The number of rotatable bonds is 6. The van der Waals surface area contributed by atoms with E-state index in [1.54, 1.807) is 37.6 Å². The summed E-state index contributed by atoms with van der Waals surface area (Å²) in [6.07, 6.45) is 5.05. The zero-order chi connectivity index (χ0) is 18.5. The number of H-pyrrole nitrogens is 1. The molecule has 1 aromatic carbocycles. The molecule has 7 heteroatoms. The largest absolute Gasteiger partial charge is 0.493 e. The first kappa shape index (κ1) is 17.7. The first-order valence-electron chi connectivity index (χ1n) is 7.69. The number of ether oxygens (including phenoxy) is 2. The van der Waals surface area contributed by atoms with Gasteiger partial charge in [-0.15, -0.1) is 0 Å². The molecule has 0 saturated heterocycles. The van der Waals surface area contributed by atoms with E-state index in [4.69, 9.17) is 9.47 Å². The maximum atomic E-state index is 9.54. The van der Waals surface area contributed by atoms with E-state index in [0.29, 0.717) is 35.2 Å². The molecule has 0 bridgehead atoms. The lowest BCUT2D eigenvalue weighted by Crippen LogP contribution is -1.96. The Bertz CT molecular complexity index is 1030. The average molecular weight is 411 g/mol. The van der Waals surface area contributed by atoms with Crippen molar-refractivity contribution in [3.05, 3.63) is 59.0 Å². The Kier molecular flexibility index (Phi) is 5.34. The molecule has 0 saturated carbocycles. The summed E-state index contributed by atoms with van der Waals surface area (Å²) in [5.74, 6) is 1.65. The molecule has 0 fully saturated rings. The molecule has 0 aliphatic heterocycles. The van der Waals surface area contributed by atoms with Crippen molar-refractivity contribution in [1.29, 1.82) is 5.26 Å². The van der Waals surface area contributed by atoms with Gasteiger partial charge >= 0.3 is 0 Å². The van der Waals surface area contributed by atoms with Crippen LogP contribution in [0, 0.1) is 11.3 Å². The number of nitriles is 1. The van der Waals surface area contributed by atoms with Gasteiger partial charge in [-0.25, -0.2) is 9.97 Å². The molecular weight excluding hydrogens is 396 g/mol. The van der Waals surface area contributed by atoms with Crippen molar-refractivity contribution in [3.63, 3.8) is 0 Å². The molecule has 2 aromatic heterocycles. The summed E-state index contributed by atoms with van der Waals surface area (Å²) in [5.41, 5.74) is 2.48. The predicted molar refractivity (Wildman–Crippen MR) is 104 cm³/mol. The van der Waals surface area contributed by atoms with Crippen LogP contribution in [0.15, 0.2) is 47.6 Å². The number of benzene rings is 1. The van der Waals surface area contributed by atoms with Crippen LogP contribution in [-0.4, -0.2) is 28.7 Å². The number of methoxy groups -OCH3 is 1. The predicted octanol–water partition coefficient (Wildman–Crippen LogP) is 4.36. The molecule has 26 heavy (non-hydrogen) atoms. The summed E-state index contributed by atoms with van der Waals surface area (Å²) >= 11 is 3.37. The molecule has 0 aliphatic rings. The van der Waals surface area contributed by atoms with Crippen LogP contribution in [-0.2, 0) is 0 Å². The van der Waals surface area contributed by atoms with E-state index in [2.05, 4.69) is 43.5 Å². The van der Waals surface area contributed by atoms with Crippen molar-refractivity contribution < 1.29 is 9.47 Å². The van der Waals surface area contributed by atoms with Gasteiger partial charge in [0.15, 0.2) is 23.0 Å². The van der Waals surface area contributed by atoms with Crippen molar-refractivity contribution >= 4 is 38.7 Å². The van der Waals surface area contributed by atoms with Gasteiger partial charge in [0.2, 0.25) is 0 Å². The Hall–Kier alpha value is -3.11. The average Bonchev–Trinajstić information content (AvgIpc) is 3.07. The monoisotopic (exact) mass is 410 g/mol. The van der Waals surface area contributed by atoms with Crippen LogP contribution < -0.4 is 9.47 Å². The zero-order valence-electron chi connectivity index (χ0n) is 14.0.